The molecule has 0 radical (unpaired) electrons. The lowest BCUT2D eigenvalue weighted by Crippen LogP contribution is -1.97. The average Bonchev–Trinajstić information content (AvgIpc) is 1.96. The molecule has 0 unspecified atom stereocenters. The number of esters is 1. The van der Waals surface area contributed by atoms with Crippen LogP contribution in [0.5, 0.6) is 0 Å². The second-order valence-corrected chi connectivity index (χ2v) is 1.80. The maximum atomic E-state index is 10.2. The van der Waals surface area contributed by atoms with Gasteiger partial charge in [0.05, 0.1) is 6.26 Å². The summed E-state index contributed by atoms with van der Waals surface area (Å²) in [4.78, 5) is 10.2. The smallest absolute Gasteiger partial charge is 0.302 e. The monoisotopic (exact) mass is 156 g/mol. The fourth-order valence-electron chi connectivity index (χ4n) is 0.396. The van der Waals surface area contributed by atoms with Crippen LogP contribution in [-0.2, 0) is 14.3 Å². The highest BCUT2D eigenvalue weighted by molar-refractivity contribution is 5.65. The fourth-order valence-corrected chi connectivity index (χ4v) is 0.396. The maximum Gasteiger partial charge on any atom is 0.302 e. The van der Waals surface area contributed by atoms with Crippen molar-refractivity contribution >= 4 is 5.97 Å². The summed E-state index contributed by atoms with van der Waals surface area (Å²) in [5, 5.41) is 0. The number of carbonyl (C=O) groups excluding carboxylic acids is 1. The average molecular weight is 156 g/mol. The molecular weight excluding hydrogens is 144 g/mol. The Morgan fingerprint density at radius 1 is 1.55 bits per heavy atom. The normalized spacial score (nSPS) is 9.55. The first kappa shape index (κ1) is 9.75. The summed E-state index contributed by atoms with van der Waals surface area (Å²) >= 11 is 0. The highest BCUT2D eigenvalue weighted by Gasteiger charge is 1.85. The van der Waals surface area contributed by atoms with Crippen LogP contribution in [0.15, 0.2) is 25.0 Å². The number of ether oxygens (including phenoxy) is 2. The minimum absolute atomic E-state index is 0.256. The zero-order valence-corrected chi connectivity index (χ0v) is 6.58. The van der Waals surface area contributed by atoms with E-state index in [1.807, 2.05) is 0 Å². The van der Waals surface area contributed by atoms with Gasteiger partial charge in [-0.25, -0.2) is 0 Å². The van der Waals surface area contributed by atoms with Gasteiger partial charge in [0.25, 0.3) is 0 Å². The van der Waals surface area contributed by atoms with Crippen LogP contribution >= 0.6 is 0 Å². The molecule has 0 amide bonds. The van der Waals surface area contributed by atoms with Gasteiger partial charge in [-0.2, -0.15) is 0 Å². The molecule has 0 saturated heterocycles. The van der Waals surface area contributed by atoms with E-state index < -0.39 is 0 Å². The van der Waals surface area contributed by atoms with Gasteiger partial charge in [-0.15, -0.1) is 0 Å². The Balaban J connectivity index is 3.16. The fraction of sp³-hybridized carbons (Fsp3) is 0.375. The molecule has 0 aromatic carbocycles. The molecule has 0 atom stereocenters. The molecule has 0 aliphatic heterocycles. The molecule has 62 valence electrons. The van der Waals surface area contributed by atoms with Crippen LogP contribution in [0, 0.1) is 0 Å². The molecule has 0 aromatic rings. The van der Waals surface area contributed by atoms with E-state index in [4.69, 9.17) is 4.74 Å². The van der Waals surface area contributed by atoms with Crippen molar-refractivity contribution in [3.8, 4) is 0 Å². The lowest BCUT2D eigenvalue weighted by molar-refractivity contribution is -0.139. The first-order chi connectivity index (χ1) is 5.27. The van der Waals surface area contributed by atoms with Gasteiger partial charge in [-0.1, -0.05) is 12.7 Å². The quantitative estimate of drug-likeness (QED) is 0.260. The number of hydrogen-bond donors (Lipinski definition) is 0. The summed E-state index contributed by atoms with van der Waals surface area (Å²) in [6, 6.07) is 0. The van der Waals surface area contributed by atoms with Crippen LogP contribution in [0.4, 0.5) is 0 Å². The molecule has 0 saturated carbocycles. The summed E-state index contributed by atoms with van der Waals surface area (Å²) in [6.07, 6.45) is 4.73. The summed E-state index contributed by atoms with van der Waals surface area (Å²) < 4.78 is 9.47. The van der Waals surface area contributed by atoms with Crippen molar-refractivity contribution in [3.05, 3.63) is 25.0 Å². The van der Waals surface area contributed by atoms with Crippen molar-refractivity contribution in [1.29, 1.82) is 0 Å². The van der Waals surface area contributed by atoms with E-state index in [0.29, 0.717) is 6.61 Å². The lowest BCUT2D eigenvalue weighted by atomic mass is 10.6. The topological polar surface area (TPSA) is 35.5 Å². The third kappa shape index (κ3) is 8.75. The van der Waals surface area contributed by atoms with E-state index in [0.717, 1.165) is 0 Å². The van der Waals surface area contributed by atoms with Crippen molar-refractivity contribution in [2.45, 2.75) is 6.92 Å². The molecule has 0 aliphatic rings. The summed E-state index contributed by atoms with van der Waals surface area (Å²) in [7, 11) is 0. The molecule has 0 rings (SSSR count). The standard InChI is InChI=1S/C8H12O3/c1-3-5-10-6-4-7-11-8(2)9/h3-4,6H,1,5,7H2,2H3/b6-4+. The van der Waals surface area contributed by atoms with Gasteiger partial charge in [-0.05, 0) is 6.08 Å². The SMILES string of the molecule is C=CCO/C=C/COC(C)=O. The Bertz CT molecular complexity index is 149. The Morgan fingerprint density at radius 3 is 2.82 bits per heavy atom. The molecule has 3 heteroatoms. The molecule has 0 bridgehead atoms. The molecule has 0 spiro atoms. The zero-order chi connectivity index (χ0) is 8.53. The highest BCUT2D eigenvalue weighted by Crippen LogP contribution is 1.81. The van der Waals surface area contributed by atoms with Crippen molar-refractivity contribution in [1.82, 2.24) is 0 Å². The largest absolute Gasteiger partial charge is 0.497 e. The third-order valence-corrected chi connectivity index (χ3v) is 0.789. The molecular formula is C8H12O3. The van der Waals surface area contributed by atoms with E-state index in [9.17, 15) is 4.79 Å². The van der Waals surface area contributed by atoms with Gasteiger partial charge in [0.2, 0.25) is 0 Å². The lowest BCUT2D eigenvalue weighted by Gasteiger charge is -1.95. The Morgan fingerprint density at radius 2 is 2.27 bits per heavy atom. The Hall–Kier alpha value is -1.25. The van der Waals surface area contributed by atoms with Gasteiger partial charge in [-0.3, -0.25) is 4.79 Å². The van der Waals surface area contributed by atoms with Gasteiger partial charge < -0.3 is 9.47 Å². The highest BCUT2D eigenvalue weighted by atomic mass is 16.5. The third-order valence-electron chi connectivity index (χ3n) is 0.789. The second kappa shape index (κ2) is 6.86. The van der Waals surface area contributed by atoms with E-state index >= 15 is 0 Å². The summed E-state index contributed by atoms with van der Waals surface area (Å²) in [5.74, 6) is -0.293. The van der Waals surface area contributed by atoms with Gasteiger partial charge in [0.15, 0.2) is 0 Å². The van der Waals surface area contributed by atoms with Crippen LogP contribution in [0.3, 0.4) is 0 Å². The van der Waals surface area contributed by atoms with Crippen molar-refractivity contribution < 1.29 is 14.3 Å². The number of carbonyl (C=O) groups is 1. The summed E-state index contributed by atoms with van der Waals surface area (Å²) in [5.41, 5.74) is 0. The minimum atomic E-state index is -0.293. The Labute approximate surface area is 66.3 Å². The Kier molecular flexibility index (Phi) is 6.08. The van der Waals surface area contributed by atoms with E-state index in [-0.39, 0.29) is 12.6 Å². The maximum absolute atomic E-state index is 10.2. The molecule has 0 fully saturated rings. The number of hydrogen-bond acceptors (Lipinski definition) is 3. The molecule has 0 aromatic heterocycles. The predicted octanol–water partition coefficient (Wildman–Crippen LogP) is 1.27. The second-order valence-electron chi connectivity index (χ2n) is 1.80. The van der Waals surface area contributed by atoms with E-state index in [2.05, 4.69) is 11.3 Å². The van der Waals surface area contributed by atoms with Crippen LogP contribution in [-0.4, -0.2) is 19.2 Å². The molecule has 3 nitrogen and oxygen atoms in total. The van der Waals surface area contributed by atoms with Crippen LogP contribution in [0.1, 0.15) is 6.92 Å². The van der Waals surface area contributed by atoms with Gasteiger partial charge in [0.1, 0.15) is 13.2 Å². The summed E-state index contributed by atoms with van der Waals surface area (Å²) in [6.45, 7) is 5.55. The van der Waals surface area contributed by atoms with Crippen molar-refractivity contribution in [3.63, 3.8) is 0 Å². The molecule has 0 aliphatic carbocycles. The van der Waals surface area contributed by atoms with E-state index in [1.54, 1.807) is 12.2 Å². The van der Waals surface area contributed by atoms with Crippen molar-refractivity contribution in [2.24, 2.45) is 0 Å². The van der Waals surface area contributed by atoms with Gasteiger partial charge >= 0.3 is 5.97 Å². The first-order valence-electron chi connectivity index (χ1n) is 3.28. The predicted molar refractivity (Wildman–Crippen MR) is 41.9 cm³/mol. The first-order valence-corrected chi connectivity index (χ1v) is 3.28. The van der Waals surface area contributed by atoms with Crippen molar-refractivity contribution in [2.75, 3.05) is 13.2 Å². The van der Waals surface area contributed by atoms with E-state index in [1.165, 1.54) is 13.2 Å². The zero-order valence-electron chi connectivity index (χ0n) is 6.58. The number of rotatable bonds is 5. The molecule has 11 heavy (non-hydrogen) atoms. The molecule has 0 heterocycles. The van der Waals surface area contributed by atoms with Gasteiger partial charge in [0, 0.05) is 6.92 Å². The minimum Gasteiger partial charge on any atom is -0.497 e. The van der Waals surface area contributed by atoms with Crippen LogP contribution in [0.25, 0.3) is 0 Å². The van der Waals surface area contributed by atoms with Crippen LogP contribution < -0.4 is 0 Å². The molecule has 0 N–H and O–H groups in total. The van der Waals surface area contributed by atoms with Crippen LogP contribution in [0.2, 0.25) is 0 Å².